The summed E-state index contributed by atoms with van der Waals surface area (Å²) in [4.78, 5) is 130. The summed E-state index contributed by atoms with van der Waals surface area (Å²) in [6.07, 6.45) is 6.36. The number of hydrogen-bond acceptors (Lipinski definition) is 13. The van der Waals surface area contributed by atoms with Gasteiger partial charge in [0.2, 0.25) is 17.7 Å². The van der Waals surface area contributed by atoms with E-state index in [1.165, 1.54) is 12.2 Å². The fourth-order valence-corrected chi connectivity index (χ4v) is 7.67. The van der Waals surface area contributed by atoms with Crippen LogP contribution in [0.1, 0.15) is 92.3 Å². The third kappa shape index (κ3) is 20.2. The number of aromatic nitrogens is 1. The molecular weight excluding hydrogens is 981 g/mol. The number of ether oxygens (including phenoxy) is 2. The van der Waals surface area contributed by atoms with Gasteiger partial charge in [-0.1, -0.05) is 62.7 Å². The average molecular weight is 1050 g/mol. The van der Waals surface area contributed by atoms with E-state index in [-0.39, 0.29) is 94.3 Å². The maximum Gasteiger partial charge on any atom is 0.412 e. The molecule has 1 aliphatic heterocycles. The zero-order valence-electron chi connectivity index (χ0n) is 42.4. The summed E-state index contributed by atoms with van der Waals surface area (Å²) in [5.41, 5.74) is 8.61. The number of benzene rings is 3. The van der Waals surface area contributed by atoms with Crippen LogP contribution in [0.4, 0.5) is 31.4 Å². The largest absolute Gasteiger partial charge is 0.445 e. The lowest BCUT2D eigenvalue weighted by atomic mass is 9.89. The predicted molar refractivity (Wildman–Crippen MR) is 280 cm³/mol. The number of carbonyl (C=O) groups excluding carboxylic acids is 10. The SMILES string of the molecule is CC(C)[C@H](NC(=O)CCCCCC(=O)NCCN1C(=O)C=CC1=O)C(=O)C[C@@H](CCCNC(N)=O)C(=O)Nc1ccc(COC(=O)Nc2ccccc2NC(=O)c2ccc(CNC(=O)OCc3cccnc3)cc2)cc1. The average Bonchev–Trinajstić information content (AvgIpc) is 3.72. The van der Waals surface area contributed by atoms with Crippen LogP contribution in [0, 0.1) is 11.8 Å². The van der Waals surface area contributed by atoms with E-state index in [0.29, 0.717) is 48.2 Å². The van der Waals surface area contributed by atoms with Gasteiger partial charge >= 0.3 is 18.2 Å². The molecule has 2 atom stereocenters. The molecule has 402 valence electrons. The molecule has 9 N–H and O–H groups in total. The van der Waals surface area contributed by atoms with Crippen LogP contribution in [-0.4, -0.2) is 95.0 Å². The van der Waals surface area contributed by atoms with Crippen LogP contribution >= 0.6 is 0 Å². The molecule has 76 heavy (non-hydrogen) atoms. The van der Waals surface area contributed by atoms with Crippen LogP contribution in [-0.2, 0) is 58.0 Å². The van der Waals surface area contributed by atoms with Crippen molar-refractivity contribution in [3.8, 4) is 0 Å². The number of imide groups is 1. The summed E-state index contributed by atoms with van der Waals surface area (Å²) in [5.74, 6) is -3.83. The molecule has 2 heterocycles. The van der Waals surface area contributed by atoms with Gasteiger partial charge < -0.3 is 47.1 Å². The summed E-state index contributed by atoms with van der Waals surface area (Å²) in [6, 6.07) is 21.6. The third-order valence-corrected chi connectivity index (χ3v) is 11.8. The Labute approximate surface area is 439 Å². The fourth-order valence-electron chi connectivity index (χ4n) is 7.67. The lowest BCUT2D eigenvalue weighted by Gasteiger charge is -2.24. The minimum Gasteiger partial charge on any atom is -0.445 e. The van der Waals surface area contributed by atoms with Crippen LogP contribution in [0.3, 0.4) is 0 Å². The van der Waals surface area contributed by atoms with Crippen LogP contribution in [0.15, 0.2) is 109 Å². The topological polar surface area (TPSA) is 316 Å². The van der Waals surface area contributed by atoms with Gasteiger partial charge in [-0.05, 0) is 85.2 Å². The van der Waals surface area contributed by atoms with Gasteiger partial charge in [0.25, 0.3) is 17.7 Å². The number of unbranched alkanes of at least 4 members (excludes halogenated alkanes) is 2. The number of ketones is 1. The summed E-state index contributed by atoms with van der Waals surface area (Å²) < 4.78 is 10.7. The van der Waals surface area contributed by atoms with Crippen molar-refractivity contribution >= 4 is 76.5 Å². The van der Waals surface area contributed by atoms with Crippen LogP contribution < -0.4 is 43.0 Å². The van der Waals surface area contributed by atoms with Crippen LogP contribution in [0.5, 0.6) is 0 Å². The number of para-hydroxylation sites is 2. The van der Waals surface area contributed by atoms with Crippen molar-refractivity contribution in [3.63, 3.8) is 0 Å². The number of amides is 10. The van der Waals surface area contributed by atoms with Crippen molar-refractivity contribution in [3.05, 3.63) is 132 Å². The smallest absolute Gasteiger partial charge is 0.412 e. The van der Waals surface area contributed by atoms with E-state index in [2.05, 4.69) is 42.2 Å². The normalized spacial score (nSPS) is 12.5. The van der Waals surface area contributed by atoms with Gasteiger partial charge in [-0.15, -0.1) is 0 Å². The first-order valence-electron chi connectivity index (χ1n) is 24.8. The number of alkyl carbamates (subject to hydrolysis) is 1. The molecule has 3 aromatic carbocycles. The van der Waals surface area contributed by atoms with Gasteiger partial charge in [0.1, 0.15) is 13.2 Å². The van der Waals surface area contributed by atoms with Crippen molar-refractivity contribution in [2.24, 2.45) is 17.6 Å². The van der Waals surface area contributed by atoms with Gasteiger partial charge in [0, 0.05) is 92.7 Å². The lowest BCUT2D eigenvalue weighted by molar-refractivity contribution is -0.137. The molecular formula is C54H64N10O12. The quantitative estimate of drug-likeness (QED) is 0.0243. The molecule has 5 rings (SSSR count). The Kier molecular flexibility index (Phi) is 23.1. The first-order valence-corrected chi connectivity index (χ1v) is 24.8. The van der Waals surface area contributed by atoms with E-state index in [0.717, 1.165) is 16.0 Å². The summed E-state index contributed by atoms with van der Waals surface area (Å²) in [7, 11) is 0. The second kappa shape index (κ2) is 30.3. The number of primary amides is 1. The molecule has 4 aromatic rings. The molecule has 22 nitrogen and oxygen atoms in total. The molecule has 0 unspecified atom stereocenters. The number of nitrogens with zero attached hydrogens (tertiary/aromatic N) is 2. The molecule has 0 fully saturated rings. The van der Waals surface area contributed by atoms with E-state index in [1.807, 2.05) is 0 Å². The Morgan fingerprint density at radius 1 is 0.645 bits per heavy atom. The lowest BCUT2D eigenvalue weighted by Crippen LogP contribution is -2.45. The van der Waals surface area contributed by atoms with Gasteiger partial charge in [0.15, 0.2) is 5.78 Å². The van der Waals surface area contributed by atoms with E-state index in [9.17, 15) is 47.9 Å². The summed E-state index contributed by atoms with van der Waals surface area (Å²) in [5, 5.41) is 18.9. The second-order valence-electron chi connectivity index (χ2n) is 18.0. The molecule has 10 amide bonds. The molecule has 0 saturated heterocycles. The zero-order chi connectivity index (χ0) is 54.8. The Bertz CT molecular complexity index is 2680. The molecule has 0 bridgehead atoms. The third-order valence-electron chi connectivity index (χ3n) is 11.8. The molecule has 22 heteroatoms. The standard InChI is InChI=1S/C54H64N10O12/c1-35(2)49(63-46(67)15-5-3-4-14-45(66)57-28-29-64-47(68)24-25-48(64)69)44(65)30-40(11-9-27-58-52(55)72)51(71)60-41-22-18-37(19-23-41)33-76-54(74)62-43-13-7-6-12-42(43)61-50(70)39-20-16-36(17-21-39)32-59-53(73)75-34-38-10-8-26-56-31-38/h6-8,10,12-13,16-26,31,35,40,49H,3-5,9,11,14-15,27-30,32-34H2,1-2H3,(H,57,66)(H,59,73)(H,60,71)(H,61,70)(H,62,74)(H,63,67)(H3,55,58,72)/t40-,49+/m1/s1. The Balaban J connectivity index is 1.04. The number of Topliss-reactive ketones (excluding diaryl/α,β-unsaturated/α-hetero) is 1. The first kappa shape index (κ1) is 57.9. The van der Waals surface area contributed by atoms with E-state index in [4.69, 9.17) is 15.2 Å². The number of rotatable bonds is 29. The van der Waals surface area contributed by atoms with Crippen molar-refractivity contribution in [2.75, 3.05) is 35.6 Å². The minimum absolute atomic E-state index is 0.0731. The van der Waals surface area contributed by atoms with Crippen molar-refractivity contribution in [1.82, 2.24) is 31.2 Å². The molecule has 0 saturated carbocycles. The molecule has 0 aliphatic carbocycles. The molecule has 1 aromatic heterocycles. The number of urea groups is 1. The van der Waals surface area contributed by atoms with Gasteiger partial charge in [-0.25, -0.2) is 14.4 Å². The maximum absolute atomic E-state index is 13.7. The summed E-state index contributed by atoms with van der Waals surface area (Å²) >= 11 is 0. The van der Waals surface area contributed by atoms with E-state index in [1.54, 1.807) is 111 Å². The Hall–Kier alpha value is -8.95. The fraction of sp³-hybridized carbons (Fsp3) is 0.352. The van der Waals surface area contributed by atoms with Gasteiger partial charge in [-0.3, -0.25) is 48.8 Å². The van der Waals surface area contributed by atoms with Crippen molar-refractivity contribution < 1.29 is 57.4 Å². The number of nitrogens with two attached hydrogens (primary N) is 1. The van der Waals surface area contributed by atoms with Crippen molar-refractivity contribution in [2.45, 2.75) is 91.0 Å². The highest BCUT2D eigenvalue weighted by atomic mass is 16.6. The van der Waals surface area contributed by atoms with Crippen LogP contribution in [0.25, 0.3) is 0 Å². The molecule has 1 aliphatic rings. The predicted octanol–water partition coefficient (Wildman–Crippen LogP) is 5.60. The number of nitrogens with one attached hydrogen (secondary N) is 7. The Morgan fingerprint density at radius 2 is 1.29 bits per heavy atom. The molecule has 0 radical (unpaired) electrons. The van der Waals surface area contributed by atoms with Crippen LogP contribution in [0.2, 0.25) is 0 Å². The monoisotopic (exact) mass is 1040 g/mol. The van der Waals surface area contributed by atoms with E-state index < -0.39 is 53.8 Å². The maximum atomic E-state index is 13.7. The minimum atomic E-state index is -0.881. The highest BCUT2D eigenvalue weighted by Gasteiger charge is 2.30. The number of carbonyl (C=O) groups is 10. The number of pyridine rings is 1. The van der Waals surface area contributed by atoms with Crippen molar-refractivity contribution in [1.29, 1.82) is 0 Å². The Morgan fingerprint density at radius 3 is 1.95 bits per heavy atom. The number of anilines is 3. The van der Waals surface area contributed by atoms with Gasteiger partial charge in [0.05, 0.1) is 17.4 Å². The number of hydrogen-bond donors (Lipinski definition) is 8. The first-order chi connectivity index (χ1) is 36.5. The van der Waals surface area contributed by atoms with E-state index >= 15 is 0 Å². The molecule has 0 spiro atoms. The summed E-state index contributed by atoms with van der Waals surface area (Å²) in [6.45, 7) is 4.05. The highest BCUT2D eigenvalue weighted by molar-refractivity contribution is 6.13. The van der Waals surface area contributed by atoms with Gasteiger partial charge in [-0.2, -0.15) is 0 Å². The highest BCUT2D eigenvalue weighted by Crippen LogP contribution is 2.24. The zero-order valence-corrected chi connectivity index (χ0v) is 42.4. The second-order valence-corrected chi connectivity index (χ2v) is 18.0.